The van der Waals surface area contributed by atoms with Crippen molar-refractivity contribution in [2.45, 2.75) is 45.4 Å². The molecule has 0 radical (unpaired) electrons. The van der Waals surface area contributed by atoms with E-state index in [4.69, 9.17) is 10.3 Å². The molecule has 2 unspecified atom stereocenters. The van der Waals surface area contributed by atoms with Crippen LogP contribution in [0.15, 0.2) is 22.7 Å². The second kappa shape index (κ2) is 5.27. The van der Waals surface area contributed by atoms with Crippen LogP contribution in [0.4, 0.5) is 5.69 Å². The molecule has 0 aliphatic heterocycles. The van der Waals surface area contributed by atoms with E-state index in [0.717, 1.165) is 41.4 Å². The van der Waals surface area contributed by atoms with Crippen molar-refractivity contribution in [3.8, 4) is 11.5 Å². The number of anilines is 1. The van der Waals surface area contributed by atoms with Crippen LogP contribution in [0.1, 0.15) is 49.9 Å². The summed E-state index contributed by atoms with van der Waals surface area (Å²) in [7, 11) is 0. The fraction of sp³-hybridized carbons (Fsp3) is 0.500. The summed E-state index contributed by atoms with van der Waals surface area (Å²) in [5.74, 6) is 2.56. The third-order valence-corrected chi connectivity index (χ3v) is 4.30. The first-order chi connectivity index (χ1) is 9.65. The molecule has 0 saturated heterocycles. The van der Waals surface area contributed by atoms with Gasteiger partial charge in [-0.05, 0) is 37.3 Å². The Hall–Kier alpha value is -1.84. The molecular formula is C16H21N3O. The minimum atomic E-state index is 0.433. The number of aryl methyl sites for hydroxylation is 1. The molecule has 2 atom stereocenters. The Morgan fingerprint density at radius 2 is 2.15 bits per heavy atom. The van der Waals surface area contributed by atoms with Gasteiger partial charge in [0.15, 0.2) is 5.82 Å². The minimum absolute atomic E-state index is 0.433. The van der Waals surface area contributed by atoms with Crippen molar-refractivity contribution in [1.29, 1.82) is 0 Å². The van der Waals surface area contributed by atoms with Gasteiger partial charge in [-0.1, -0.05) is 37.1 Å². The highest BCUT2D eigenvalue weighted by atomic mass is 16.5. The smallest absolute Gasteiger partial charge is 0.260 e. The molecule has 0 bridgehead atoms. The maximum absolute atomic E-state index is 6.10. The van der Waals surface area contributed by atoms with E-state index in [-0.39, 0.29) is 0 Å². The van der Waals surface area contributed by atoms with Crippen molar-refractivity contribution in [1.82, 2.24) is 10.1 Å². The summed E-state index contributed by atoms with van der Waals surface area (Å²) in [4.78, 5) is 4.58. The summed E-state index contributed by atoms with van der Waals surface area (Å²) in [5.41, 5.74) is 8.69. The van der Waals surface area contributed by atoms with Gasteiger partial charge in [-0.25, -0.2) is 0 Å². The van der Waals surface area contributed by atoms with Gasteiger partial charge in [0, 0.05) is 11.6 Å². The van der Waals surface area contributed by atoms with Crippen molar-refractivity contribution in [2.75, 3.05) is 5.73 Å². The molecule has 0 amide bonds. The predicted octanol–water partition coefficient (Wildman–Crippen LogP) is 3.92. The molecular weight excluding hydrogens is 250 g/mol. The lowest BCUT2D eigenvalue weighted by atomic mass is 9.82. The van der Waals surface area contributed by atoms with Crippen LogP contribution in [0, 0.1) is 12.8 Å². The lowest BCUT2D eigenvalue weighted by molar-refractivity contribution is 0.324. The Morgan fingerprint density at radius 3 is 2.95 bits per heavy atom. The van der Waals surface area contributed by atoms with Gasteiger partial charge in [0.2, 0.25) is 0 Å². The van der Waals surface area contributed by atoms with Gasteiger partial charge in [-0.2, -0.15) is 4.98 Å². The molecule has 1 aromatic carbocycles. The van der Waals surface area contributed by atoms with E-state index in [0.29, 0.717) is 11.8 Å². The van der Waals surface area contributed by atoms with Crippen molar-refractivity contribution >= 4 is 5.69 Å². The number of hydrogen-bond acceptors (Lipinski definition) is 4. The number of nitrogens with two attached hydrogens (primary N) is 1. The molecule has 1 heterocycles. The second-order valence-electron chi connectivity index (χ2n) is 5.96. The van der Waals surface area contributed by atoms with Crippen LogP contribution in [0.2, 0.25) is 0 Å². The molecule has 1 aromatic heterocycles. The van der Waals surface area contributed by atoms with Gasteiger partial charge in [0.05, 0.1) is 5.56 Å². The largest absolute Gasteiger partial charge is 0.398 e. The Morgan fingerprint density at radius 1 is 1.30 bits per heavy atom. The quantitative estimate of drug-likeness (QED) is 0.841. The highest BCUT2D eigenvalue weighted by Crippen LogP contribution is 2.36. The minimum Gasteiger partial charge on any atom is -0.398 e. The maximum Gasteiger partial charge on any atom is 0.260 e. The summed E-state index contributed by atoms with van der Waals surface area (Å²) in [6, 6.07) is 5.88. The van der Waals surface area contributed by atoms with Crippen LogP contribution in [0.3, 0.4) is 0 Å². The average molecular weight is 271 g/mol. The van der Waals surface area contributed by atoms with E-state index in [1.165, 1.54) is 12.8 Å². The first-order valence-electron chi connectivity index (χ1n) is 7.34. The van der Waals surface area contributed by atoms with Gasteiger partial charge in [0.25, 0.3) is 5.89 Å². The number of benzene rings is 1. The lowest BCUT2D eigenvalue weighted by Gasteiger charge is -2.23. The third kappa shape index (κ3) is 2.42. The summed E-state index contributed by atoms with van der Waals surface area (Å²) >= 11 is 0. The van der Waals surface area contributed by atoms with E-state index in [2.05, 4.69) is 17.1 Å². The Kier molecular flexibility index (Phi) is 3.47. The molecule has 20 heavy (non-hydrogen) atoms. The van der Waals surface area contributed by atoms with Gasteiger partial charge >= 0.3 is 0 Å². The maximum atomic E-state index is 6.10. The normalized spacial score (nSPS) is 22.9. The van der Waals surface area contributed by atoms with Crippen molar-refractivity contribution < 1.29 is 4.52 Å². The molecule has 1 aliphatic carbocycles. The van der Waals surface area contributed by atoms with E-state index in [9.17, 15) is 0 Å². The van der Waals surface area contributed by atoms with Crippen LogP contribution in [-0.4, -0.2) is 10.1 Å². The van der Waals surface area contributed by atoms with Gasteiger partial charge in [0.1, 0.15) is 0 Å². The average Bonchev–Trinajstić information content (AvgIpc) is 2.91. The molecule has 1 saturated carbocycles. The first-order valence-corrected chi connectivity index (χ1v) is 7.34. The van der Waals surface area contributed by atoms with Gasteiger partial charge in [-0.15, -0.1) is 0 Å². The number of aromatic nitrogens is 2. The molecule has 106 valence electrons. The van der Waals surface area contributed by atoms with E-state index < -0.39 is 0 Å². The summed E-state index contributed by atoms with van der Waals surface area (Å²) in [6.07, 6.45) is 4.88. The van der Waals surface area contributed by atoms with Crippen molar-refractivity contribution in [3.63, 3.8) is 0 Å². The molecule has 3 rings (SSSR count). The lowest BCUT2D eigenvalue weighted by Crippen LogP contribution is -2.12. The van der Waals surface area contributed by atoms with Gasteiger partial charge in [-0.3, -0.25) is 0 Å². The van der Waals surface area contributed by atoms with Crippen LogP contribution in [0.5, 0.6) is 0 Å². The molecule has 1 fully saturated rings. The number of nitrogen functional groups attached to an aromatic ring is 1. The third-order valence-electron chi connectivity index (χ3n) is 4.30. The molecule has 0 spiro atoms. The number of rotatable bonds is 2. The zero-order valence-corrected chi connectivity index (χ0v) is 12.1. The number of para-hydroxylation sites is 1. The zero-order chi connectivity index (χ0) is 14.1. The van der Waals surface area contributed by atoms with Crippen LogP contribution >= 0.6 is 0 Å². The summed E-state index contributed by atoms with van der Waals surface area (Å²) in [6.45, 7) is 4.28. The first kappa shape index (κ1) is 13.2. The fourth-order valence-electron chi connectivity index (χ4n) is 3.05. The molecule has 1 aliphatic rings. The second-order valence-corrected chi connectivity index (χ2v) is 5.96. The number of hydrogen-bond donors (Lipinski definition) is 1. The molecule has 4 nitrogen and oxygen atoms in total. The fourth-order valence-corrected chi connectivity index (χ4v) is 3.05. The topological polar surface area (TPSA) is 64.9 Å². The molecule has 2 N–H and O–H groups in total. The highest BCUT2D eigenvalue weighted by molar-refractivity contribution is 5.73. The van der Waals surface area contributed by atoms with E-state index in [1.807, 2.05) is 25.1 Å². The van der Waals surface area contributed by atoms with E-state index >= 15 is 0 Å². The highest BCUT2D eigenvalue weighted by Gasteiger charge is 2.25. The van der Waals surface area contributed by atoms with Crippen LogP contribution in [0.25, 0.3) is 11.5 Å². The monoisotopic (exact) mass is 271 g/mol. The zero-order valence-electron chi connectivity index (χ0n) is 12.1. The molecule has 2 aromatic rings. The van der Waals surface area contributed by atoms with Crippen molar-refractivity contribution in [2.24, 2.45) is 5.92 Å². The Bertz CT molecular complexity index is 606. The molecule has 4 heteroatoms. The predicted molar refractivity (Wildman–Crippen MR) is 79.3 cm³/mol. The Balaban J connectivity index is 1.88. The standard InChI is InChI=1S/C16H21N3O/c1-10-5-3-7-12(9-10)15-18-16(20-19-15)13-8-4-6-11(2)14(13)17/h4,6,8,10,12H,3,5,7,9,17H2,1-2H3. The van der Waals surface area contributed by atoms with Crippen LogP contribution in [-0.2, 0) is 0 Å². The summed E-state index contributed by atoms with van der Waals surface area (Å²) < 4.78 is 5.43. The number of nitrogens with zero attached hydrogens (tertiary/aromatic N) is 2. The SMILES string of the molecule is Cc1cccc(-c2nc(C3CCCC(C)C3)no2)c1N. The van der Waals surface area contributed by atoms with Crippen LogP contribution < -0.4 is 5.73 Å². The van der Waals surface area contributed by atoms with E-state index in [1.54, 1.807) is 0 Å². The van der Waals surface area contributed by atoms with Crippen molar-refractivity contribution in [3.05, 3.63) is 29.6 Å². The Labute approximate surface area is 119 Å². The van der Waals surface area contributed by atoms with Gasteiger partial charge < -0.3 is 10.3 Å². The summed E-state index contributed by atoms with van der Waals surface area (Å²) in [5, 5.41) is 4.18.